The van der Waals surface area contributed by atoms with Crippen molar-refractivity contribution in [3.63, 3.8) is 0 Å². The summed E-state index contributed by atoms with van der Waals surface area (Å²) in [5.41, 5.74) is 2.06. The van der Waals surface area contributed by atoms with Crippen molar-refractivity contribution in [2.45, 2.75) is 18.6 Å². The van der Waals surface area contributed by atoms with E-state index in [2.05, 4.69) is 36.4 Å². The molecule has 0 saturated carbocycles. The quantitative estimate of drug-likeness (QED) is 0.735. The highest BCUT2D eigenvalue weighted by Crippen LogP contribution is 2.28. The van der Waals surface area contributed by atoms with Crippen LogP contribution in [0.25, 0.3) is 0 Å². The standard InChI is InChI=1S/C19H26N2O/c1-21(2)15-9-14-20-18(16-10-5-3-6-11-16)19(22)17-12-7-4-8-13-17/h3-8,10-13,18-20,22H,9,14-15H2,1-2H3/t18-,19+/m0/s1. The highest BCUT2D eigenvalue weighted by atomic mass is 16.3. The fourth-order valence-corrected chi connectivity index (χ4v) is 2.57. The number of aliphatic hydroxyl groups excluding tert-OH is 1. The van der Waals surface area contributed by atoms with Gasteiger partial charge in [0.25, 0.3) is 0 Å². The molecule has 0 aliphatic heterocycles. The third kappa shape index (κ3) is 4.95. The van der Waals surface area contributed by atoms with Crippen LogP contribution in [0.4, 0.5) is 0 Å². The Kier molecular flexibility index (Phi) is 6.59. The molecule has 0 unspecified atom stereocenters. The van der Waals surface area contributed by atoms with Gasteiger partial charge in [0.2, 0.25) is 0 Å². The minimum absolute atomic E-state index is 0.0919. The van der Waals surface area contributed by atoms with Gasteiger partial charge in [-0.15, -0.1) is 0 Å². The van der Waals surface area contributed by atoms with Crippen molar-refractivity contribution in [1.29, 1.82) is 0 Å². The van der Waals surface area contributed by atoms with Gasteiger partial charge in [0.1, 0.15) is 0 Å². The molecule has 0 spiro atoms. The molecule has 0 fully saturated rings. The molecule has 0 radical (unpaired) electrons. The zero-order valence-electron chi connectivity index (χ0n) is 13.4. The Morgan fingerprint density at radius 2 is 1.45 bits per heavy atom. The Bertz CT molecular complexity index is 528. The van der Waals surface area contributed by atoms with Crippen molar-refractivity contribution in [2.24, 2.45) is 0 Å². The molecule has 2 atom stereocenters. The summed E-state index contributed by atoms with van der Waals surface area (Å²) in [7, 11) is 4.15. The maximum atomic E-state index is 10.8. The van der Waals surface area contributed by atoms with E-state index in [0.29, 0.717) is 0 Å². The van der Waals surface area contributed by atoms with Crippen molar-refractivity contribution in [3.8, 4) is 0 Å². The third-order valence-corrected chi connectivity index (χ3v) is 3.76. The fourth-order valence-electron chi connectivity index (χ4n) is 2.57. The minimum atomic E-state index is -0.553. The highest BCUT2D eigenvalue weighted by molar-refractivity contribution is 5.26. The second-order valence-corrected chi connectivity index (χ2v) is 5.85. The van der Waals surface area contributed by atoms with E-state index in [1.807, 2.05) is 48.5 Å². The normalized spacial score (nSPS) is 14.0. The van der Waals surface area contributed by atoms with Crippen LogP contribution in [-0.4, -0.2) is 37.2 Å². The average Bonchev–Trinajstić information content (AvgIpc) is 2.56. The van der Waals surface area contributed by atoms with Crippen LogP contribution in [0.1, 0.15) is 29.7 Å². The third-order valence-electron chi connectivity index (χ3n) is 3.76. The predicted molar refractivity (Wildman–Crippen MR) is 91.8 cm³/mol. The van der Waals surface area contributed by atoms with E-state index >= 15 is 0 Å². The maximum absolute atomic E-state index is 10.8. The van der Waals surface area contributed by atoms with Crippen molar-refractivity contribution in [2.75, 3.05) is 27.2 Å². The van der Waals surface area contributed by atoms with E-state index < -0.39 is 6.10 Å². The molecule has 0 heterocycles. The number of hydrogen-bond donors (Lipinski definition) is 2. The molecule has 0 saturated heterocycles. The highest BCUT2D eigenvalue weighted by Gasteiger charge is 2.21. The second kappa shape index (κ2) is 8.69. The lowest BCUT2D eigenvalue weighted by atomic mass is 9.95. The summed E-state index contributed by atoms with van der Waals surface area (Å²) in [5, 5.41) is 14.3. The summed E-state index contributed by atoms with van der Waals surface area (Å²) >= 11 is 0. The first-order valence-electron chi connectivity index (χ1n) is 7.84. The molecule has 0 aliphatic rings. The first kappa shape index (κ1) is 16.7. The van der Waals surface area contributed by atoms with Gasteiger partial charge >= 0.3 is 0 Å². The number of nitrogens with zero attached hydrogens (tertiary/aromatic N) is 1. The lowest BCUT2D eigenvalue weighted by Crippen LogP contribution is -2.29. The van der Waals surface area contributed by atoms with Crippen LogP contribution < -0.4 is 5.32 Å². The van der Waals surface area contributed by atoms with Gasteiger partial charge in [-0.1, -0.05) is 60.7 Å². The molecule has 3 heteroatoms. The fraction of sp³-hybridized carbons (Fsp3) is 0.368. The van der Waals surface area contributed by atoms with Gasteiger partial charge in [-0.2, -0.15) is 0 Å². The Labute approximate surface area is 133 Å². The van der Waals surface area contributed by atoms with E-state index in [1.165, 1.54) is 0 Å². The summed E-state index contributed by atoms with van der Waals surface area (Å²) < 4.78 is 0. The number of hydrogen-bond acceptors (Lipinski definition) is 3. The largest absolute Gasteiger partial charge is 0.386 e. The van der Waals surface area contributed by atoms with Crippen molar-refractivity contribution >= 4 is 0 Å². The Balaban J connectivity index is 2.08. The van der Waals surface area contributed by atoms with Crippen molar-refractivity contribution in [3.05, 3.63) is 71.8 Å². The van der Waals surface area contributed by atoms with Gasteiger partial charge in [0.05, 0.1) is 12.1 Å². The van der Waals surface area contributed by atoms with Crippen LogP contribution in [0, 0.1) is 0 Å². The zero-order valence-corrected chi connectivity index (χ0v) is 13.4. The molecule has 0 bridgehead atoms. The molecule has 2 N–H and O–H groups in total. The summed E-state index contributed by atoms with van der Waals surface area (Å²) in [6.45, 7) is 1.91. The number of rotatable bonds is 8. The van der Waals surface area contributed by atoms with Crippen LogP contribution in [0.5, 0.6) is 0 Å². The van der Waals surface area contributed by atoms with Gasteiger partial charge in [0.15, 0.2) is 0 Å². The number of benzene rings is 2. The van der Waals surface area contributed by atoms with E-state index in [0.717, 1.165) is 30.6 Å². The van der Waals surface area contributed by atoms with Gasteiger partial charge in [-0.05, 0) is 44.7 Å². The molecule has 2 rings (SSSR count). The summed E-state index contributed by atoms with van der Waals surface area (Å²) in [6, 6.07) is 19.9. The van der Waals surface area contributed by atoms with Gasteiger partial charge < -0.3 is 15.3 Å². The van der Waals surface area contributed by atoms with Crippen LogP contribution in [-0.2, 0) is 0 Å². The van der Waals surface area contributed by atoms with Crippen LogP contribution in [0.2, 0.25) is 0 Å². The monoisotopic (exact) mass is 298 g/mol. The molecular formula is C19H26N2O. The van der Waals surface area contributed by atoms with E-state index in [4.69, 9.17) is 0 Å². The summed E-state index contributed by atoms with van der Waals surface area (Å²) in [6.07, 6.45) is 0.501. The van der Waals surface area contributed by atoms with Crippen molar-refractivity contribution < 1.29 is 5.11 Å². The van der Waals surface area contributed by atoms with Gasteiger partial charge in [-0.3, -0.25) is 0 Å². The number of aliphatic hydroxyl groups is 1. The van der Waals surface area contributed by atoms with Crippen molar-refractivity contribution in [1.82, 2.24) is 10.2 Å². The van der Waals surface area contributed by atoms with E-state index in [9.17, 15) is 5.11 Å². The number of nitrogens with one attached hydrogen (secondary N) is 1. The second-order valence-electron chi connectivity index (χ2n) is 5.85. The average molecular weight is 298 g/mol. The van der Waals surface area contributed by atoms with Gasteiger partial charge in [-0.25, -0.2) is 0 Å². The molecule has 0 aliphatic carbocycles. The lowest BCUT2D eigenvalue weighted by molar-refractivity contribution is 0.128. The van der Waals surface area contributed by atoms with E-state index in [1.54, 1.807) is 0 Å². The Morgan fingerprint density at radius 3 is 2.00 bits per heavy atom. The van der Waals surface area contributed by atoms with E-state index in [-0.39, 0.29) is 6.04 Å². The molecular weight excluding hydrogens is 272 g/mol. The topological polar surface area (TPSA) is 35.5 Å². The van der Waals surface area contributed by atoms with Crippen LogP contribution in [0.3, 0.4) is 0 Å². The predicted octanol–water partition coefficient (Wildman–Crippen LogP) is 3.00. The minimum Gasteiger partial charge on any atom is -0.386 e. The summed E-state index contributed by atoms with van der Waals surface area (Å²) in [4.78, 5) is 2.17. The Morgan fingerprint density at radius 1 is 0.909 bits per heavy atom. The molecule has 0 amide bonds. The molecule has 22 heavy (non-hydrogen) atoms. The molecule has 3 nitrogen and oxygen atoms in total. The zero-order chi connectivity index (χ0) is 15.8. The lowest BCUT2D eigenvalue weighted by Gasteiger charge is -2.25. The summed E-state index contributed by atoms with van der Waals surface area (Å²) in [5.74, 6) is 0. The Hall–Kier alpha value is -1.68. The first-order valence-corrected chi connectivity index (χ1v) is 7.84. The smallest absolute Gasteiger partial charge is 0.0984 e. The maximum Gasteiger partial charge on any atom is 0.0984 e. The SMILES string of the molecule is CN(C)CCCN[C@@H](c1ccccc1)[C@H](O)c1ccccc1. The first-order chi connectivity index (χ1) is 10.7. The van der Waals surface area contributed by atoms with Crippen LogP contribution in [0.15, 0.2) is 60.7 Å². The molecule has 118 valence electrons. The molecule has 0 aromatic heterocycles. The van der Waals surface area contributed by atoms with Crippen LogP contribution >= 0.6 is 0 Å². The molecule has 2 aromatic rings. The molecule has 2 aromatic carbocycles. The van der Waals surface area contributed by atoms with Gasteiger partial charge in [0, 0.05) is 0 Å².